The lowest BCUT2D eigenvalue weighted by atomic mass is 9.86. The molecule has 1 amide bonds. The molecule has 3 aliphatic rings. The van der Waals surface area contributed by atoms with Crippen molar-refractivity contribution in [2.75, 3.05) is 33.9 Å². The molecule has 12 nitrogen and oxygen atoms in total. The van der Waals surface area contributed by atoms with Crippen molar-refractivity contribution >= 4 is 35.3 Å². The summed E-state index contributed by atoms with van der Waals surface area (Å²) in [6.07, 6.45) is 4.20. The fraction of sp³-hybridized carbons (Fsp3) is 0.310. The van der Waals surface area contributed by atoms with Crippen molar-refractivity contribution in [3.05, 3.63) is 141 Å². The molecule has 56 heavy (non-hydrogen) atoms. The molecule has 0 aliphatic carbocycles. The second kappa shape index (κ2) is 18.6. The molecule has 5 heterocycles. The van der Waals surface area contributed by atoms with Crippen LogP contribution in [0.5, 0.6) is 17.2 Å². The summed E-state index contributed by atoms with van der Waals surface area (Å²) in [5.41, 5.74) is 3.04. The van der Waals surface area contributed by atoms with Crippen LogP contribution in [-0.4, -0.2) is 62.4 Å². The van der Waals surface area contributed by atoms with Gasteiger partial charge in [-0.2, -0.15) is 0 Å². The van der Waals surface area contributed by atoms with Crippen LogP contribution in [0, 0.1) is 5.92 Å². The number of methoxy groups -OCH3 is 2. The van der Waals surface area contributed by atoms with Crippen LogP contribution < -0.4 is 24.5 Å². The standard InChI is InChI=1S/C42H41Cl2N3O8.H2O/c1-50-35-14-10-29(20-38(35)51-2)37(21-32-33(43)22-45-23-34(32)44)54-41(48)36-15-13-31(53-36)25-52-30-11-8-28(9-12-30)40(27-6-4-3-5-7-27)46-42(49)55-39-24-47-18-16-26(39)17-19-47;/h3-15,20,22-23,26,37,39-40H,16-19,21,24-25H2,1-2H3,(H,46,49);1H2/t37-,39-,40?;/m0./s1. The van der Waals surface area contributed by atoms with Gasteiger partial charge in [-0.1, -0.05) is 71.7 Å². The number of ether oxygens (including phenoxy) is 5. The summed E-state index contributed by atoms with van der Waals surface area (Å²) < 4.78 is 34.7. The van der Waals surface area contributed by atoms with Crippen LogP contribution in [0.25, 0.3) is 0 Å². The normalized spacial score (nSPS) is 18.2. The molecule has 3 aliphatic heterocycles. The van der Waals surface area contributed by atoms with Crippen LogP contribution in [0.1, 0.15) is 63.6 Å². The number of nitrogens with zero attached hydrogens (tertiary/aromatic N) is 1. The van der Waals surface area contributed by atoms with Crippen molar-refractivity contribution in [3.63, 3.8) is 0 Å². The molecular formula is C42H43Cl2N3O9. The van der Waals surface area contributed by atoms with Gasteiger partial charge < -0.3 is 38.9 Å². The number of rotatable bonds is 14. The molecule has 2 bridgehead atoms. The fourth-order valence-corrected chi connectivity index (χ4v) is 7.67. The van der Waals surface area contributed by atoms with Crippen molar-refractivity contribution in [3.8, 4) is 17.2 Å². The zero-order valence-corrected chi connectivity index (χ0v) is 32.4. The van der Waals surface area contributed by atoms with Crippen molar-refractivity contribution in [1.82, 2.24) is 10.2 Å². The van der Waals surface area contributed by atoms with Gasteiger partial charge in [0.05, 0.1) is 20.3 Å². The van der Waals surface area contributed by atoms with Gasteiger partial charge in [0.2, 0.25) is 5.76 Å². The number of esters is 1. The minimum absolute atomic E-state index is 0. The van der Waals surface area contributed by atoms with Gasteiger partial charge in [-0.15, -0.1) is 0 Å². The molecule has 3 atom stereocenters. The molecule has 2 aromatic heterocycles. The number of amides is 1. The molecule has 3 aromatic carbocycles. The van der Waals surface area contributed by atoms with E-state index in [0.717, 1.165) is 43.6 Å². The molecule has 294 valence electrons. The van der Waals surface area contributed by atoms with Gasteiger partial charge in [0.25, 0.3) is 0 Å². The Morgan fingerprint density at radius 2 is 1.55 bits per heavy atom. The molecule has 5 aromatic rings. The first-order valence-corrected chi connectivity index (χ1v) is 18.9. The zero-order valence-electron chi connectivity index (χ0n) is 30.9. The average Bonchev–Trinajstić information content (AvgIpc) is 3.70. The lowest BCUT2D eigenvalue weighted by Crippen LogP contribution is -2.52. The third kappa shape index (κ3) is 9.57. The van der Waals surface area contributed by atoms with Gasteiger partial charge in [-0.3, -0.25) is 4.90 Å². The smallest absolute Gasteiger partial charge is 0.408 e. The van der Waals surface area contributed by atoms with Crippen LogP contribution in [-0.2, 0) is 22.5 Å². The summed E-state index contributed by atoms with van der Waals surface area (Å²) in [5.74, 6) is 1.72. The highest BCUT2D eigenvalue weighted by molar-refractivity contribution is 6.35. The summed E-state index contributed by atoms with van der Waals surface area (Å²) >= 11 is 12.9. The number of H-pyrrole nitrogens is 1. The SMILES string of the molecule is COc1ccc([C@H](Cc2c(Cl)c[nH+]cc2Cl)OC(=O)c2ccc(COc3ccc(C(NC(=O)O[C@H]4CN5CCC4CC5)c4ccccc4)cc3)o2)cc1OC.[OH-]. The van der Waals surface area contributed by atoms with Crippen LogP contribution in [0.4, 0.5) is 4.79 Å². The number of furan rings is 1. The van der Waals surface area contributed by atoms with E-state index >= 15 is 0 Å². The molecular weight excluding hydrogens is 761 g/mol. The Balaban J connectivity index is 0.00000532. The van der Waals surface area contributed by atoms with E-state index < -0.39 is 24.2 Å². The maximum absolute atomic E-state index is 13.5. The van der Waals surface area contributed by atoms with Crippen LogP contribution in [0.15, 0.2) is 102 Å². The van der Waals surface area contributed by atoms with Crippen LogP contribution >= 0.6 is 23.2 Å². The first-order valence-electron chi connectivity index (χ1n) is 18.1. The summed E-state index contributed by atoms with van der Waals surface area (Å²) in [5, 5.41) is 3.89. The first kappa shape index (κ1) is 40.4. The molecule has 8 rings (SSSR count). The number of carbonyl (C=O) groups is 2. The number of halogens is 2. The monoisotopic (exact) mass is 803 g/mol. The van der Waals surface area contributed by atoms with Gasteiger partial charge in [-0.05, 0) is 84.9 Å². The van der Waals surface area contributed by atoms with Crippen molar-refractivity contribution in [2.24, 2.45) is 5.92 Å². The van der Waals surface area contributed by atoms with E-state index in [1.165, 1.54) is 13.2 Å². The second-order valence-electron chi connectivity index (χ2n) is 13.5. The van der Waals surface area contributed by atoms with Crippen LogP contribution in [0.3, 0.4) is 0 Å². The van der Waals surface area contributed by atoms with Crippen molar-refractivity contribution < 1.29 is 48.2 Å². The molecule has 14 heteroatoms. The summed E-state index contributed by atoms with van der Waals surface area (Å²) in [6.45, 7) is 2.99. The zero-order chi connectivity index (χ0) is 38.3. The molecule has 0 saturated carbocycles. The van der Waals surface area contributed by atoms with Crippen LogP contribution in [0.2, 0.25) is 10.0 Å². The Bertz CT molecular complexity index is 2070. The highest BCUT2D eigenvalue weighted by Crippen LogP contribution is 2.36. The predicted octanol–water partition coefficient (Wildman–Crippen LogP) is 7.87. The molecule has 0 radical (unpaired) electrons. The summed E-state index contributed by atoms with van der Waals surface area (Å²) in [6, 6.07) is 25.3. The fourth-order valence-electron chi connectivity index (χ4n) is 7.14. The molecule has 3 fully saturated rings. The molecule has 1 unspecified atom stereocenters. The third-order valence-corrected chi connectivity index (χ3v) is 10.8. The Labute approximate surface area is 334 Å². The topological polar surface area (TPSA) is 153 Å². The number of hydrogen-bond acceptors (Lipinski definition) is 10. The Morgan fingerprint density at radius 1 is 0.875 bits per heavy atom. The number of fused-ring (bicyclic) bond motifs is 3. The average molecular weight is 805 g/mol. The largest absolute Gasteiger partial charge is 0.870 e. The Morgan fingerprint density at radius 3 is 2.21 bits per heavy atom. The number of hydrogen-bond donors (Lipinski definition) is 1. The third-order valence-electron chi connectivity index (χ3n) is 10.1. The van der Waals surface area contributed by atoms with E-state index in [9.17, 15) is 9.59 Å². The van der Waals surface area contributed by atoms with E-state index in [0.29, 0.717) is 50.1 Å². The maximum Gasteiger partial charge on any atom is 0.408 e. The number of pyridine rings is 1. The van der Waals surface area contributed by atoms with E-state index in [1.807, 2.05) is 54.6 Å². The number of benzene rings is 3. The summed E-state index contributed by atoms with van der Waals surface area (Å²) in [7, 11) is 3.07. The maximum atomic E-state index is 13.5. The quantitative estimate of drug-likeness (QED) is 0.110. The van der Waals surface area contributed by atoms with Gasteiger partial charge in [0, 0.05) is 18.5 Å². The van der Waals surface area contributed by atoms with Gasteiger partial charge >= 0.3 is 12.1 Å². The first-order chi connectivity index (χ1) is 26.8. The van der Waals surface area contributed by atoms with E-state index in [4.69, 9.17) is 51.3 Å². The van der Waals surface area contributed by atoms with E-state index in [2.05, 4.69) is 15.2 Å². The summed E-state index contributed by atoms with van der Waals surface area (Å²) in [4.78, 5) is 31.9. The molecule has 3 saturated heterocycles. The second-order valence-corrected chi connectivity index (χ2v) is 14.4. The van der Waals surface area contributed by atoms with Gasteiger partial charge in [0.15, 0.2) is 23.9 Å². The number of piperidine rings is 3. The van der Waals surface area contributed by atoms with Crippen molar-refractivity contribution in [2.45, 2.75) is 44.1 Å². The lowest BCUT2D eigenvalue weighted by molar-refractivity contribution is -0.377. The number of aromatic amines is 1. The number of aromatic nitrogens is 1. The Kier molecular flexibility index (Phi) is 13.4. The van der Waals surface area contributed by atoms with Crippen molar-refractivity contribution in [1.29, 1.82) is 0 Å². The van der Waals surface area contributed by atoms with E-state index in [1.54, 1.807) is 43.8 Å². The number of carbonyl (C=O) groups excluding carboxylic acids is 2. The highest BCUT2D eigenvalue weighted by atomic mass is 35.5. The molecule has 0 spiro atoms. The predicted molar refractivity (Wildman–Crippen MR) is 207 cm³/mol. The van der Waals surface area contributed by atoms with Gasteiger partial charge in [0.1, 0.15) is 40.4 Å². The highest BCUT2D eigenvalue weighted by Gasteiger charge is 2.37. The Hall–Kier alpha value is -5.27. The molecule has 3 N–H and O–H groups in total. The van der Waals surface area contributed by atoms with E-state index in [-0.39, 0.29) is 30.4 Å². The minimum atomic E-state index is -0.801. The number of nitrogens with one attached hydrogen (secondary N) is 2. The minimum Gasteiger partial charge on any atom is -0.870 e. The van der Waals surface area contributed by atoms with Gasteiger partial charge in [-0.25, -0.2) is 14.6 Å². The lowest BCUT2D eigenvalue weighted by Gasteiger charge is -2.43. The number of alkyl carbamates (subject to hydrolysis) is 1.